The van der Waals surface area contributed by atoms with Crippen LogP contribution >= 0.6 is 0 Å². The van der Waals surface area contributed by atoms with E-state index in [1.807, 2.05) is 24.3 Å². The van der Waals surface area contributed by atoms with Crippen molar-refractivity contribution in [2.75, 3.05) is 20.3 Å². The number of allylic oxidation sites excluding steroid dienone is 1. The zero-order valence-electron chi connectivity index (χ0n) is 19.3. The SMILES string of the molecule is CC#C[C@@H](CC(=O)OC)c1ccc(OCc2cccc(C3=CCC4(CC3)OCCO4)c2)cc1. The Labute approximate surface area is 195 Å². The number of hydrogen-bond donors (Lipinski definition) is 0. The molecule has 2 aliphatic rings. The molecule has 2 aromatic rings. The Morgan fingerprint density at radius 3 is 2.61 bits per heavy atom. The lowest BCUT2D eigenvalue weighted by atomic mass is 9.89. The Kier molecular flexibility index (Phi) is 7.49. The van der Waals surface area contributed by atoms with Gasteiger partial charge in [0.25, 0.3) is 0 Å². The summed E-state index contributed by atoms with van der Waals surface area (Å²) in [6.45, 7) is 3.63. The van der Waals surface area contributed by atoms with Gasteiger partial charge >= 0.3 is 5.97 Å². The number of carbonyl (C=O) groups is 1. The van der Waals surface area contributed by atoms with Gasteiger partial charge in [0.05, 0.1) is 32.7 Å². The second-order valence-electron chi connectivity index (χ2n) is 8.33. The molecule has 0 amide bonds. The monoisotopic (exact) mass is 446 g/mol. The zero-order chi connectivity index (χ0) is 23.1. The van der Waals surface area contributed by atoms with E-state index < -0.39 is 5.79 Å². The quantitative estimate of drug-likeness (QED) is 0.430. The second-order valence-corrected chi connectivity index (χ2v) is 8.33. The molecule has 33 heavy (non-hydrogen) atoms. The molecule has 0 saturated carbocycles. The largest absolute Gasteiger partial charge is 0.489 e. The molecule has 0 bridgehead atoms. The highest BCUT2D eigenvalue weighted by molar-refractivity contribution is 5.71. The lowest BCUT2D eigenvalue weighted by Gasteiger charge is -2.30. The van der Waals surface area contributed by atoms with Crippen molar-refractivity contribution in [3.05, 3.63) is 71.3 Å². The molecule has 5 nitrogen and oxygen atoms in total. The summed E-state index contributed by atoms with van der Waals surface area (Å²) >= 11 is 0. The maximum Gasteiger partial charge on any atom is 0.307 e. The third kappa shape index (κ3) is 5.84. The van der Waals surface area contributed by atoms with E-state index >= 15 is 0 Å². The average Bonchev–Trinajstić information content (AvgIpc) is 3.31. The lowest BCUT2D eigenvalue weighted by molar-refractivity contribution is -0.159. The third-order valence-electron chi connectivity index (χ3n) is 6.15. The van der Waals surface area contributed by atoms with Gasteiger partial charge in [-0.1, -0.05) is 42.3 Å². The predicted octanol–water partition coefficient (Wildman–Crippen LogP) is 5.25. The van der Waals surface area contributed by atoms with E-state index in [1.54, 1.807) is 6.92 Å². The van der Waals surface area contributed by atoms with Gasteiger partial charge in [0, 0.05) is 12.8 Å². The molecule has 1 atom stereocenters. The van der Waals surface area contributed by atoms with Crippen LogP contribution in [0.25, 0.3) is 5.57 Å². The number of hydrogen-bond acceptors (Lipinski definition) is 5. The van der Waals surface area contributed by atoms with E-state index in [0.717, 1.165) is 36.1 Å². The van der Waals surface area contributed by atoms with Crippen molar-refractivity contribution in [2.24, 2.45) is 0 Å². The molecule has 4 rings (SSSR count). The van der Waals surface area contributed by atoms with E-state index in [9.17, 15) is 4.79 Å². The topological polar surface area (TPSA) is 54.0 Å². The molecule has 2 aromatic carbocycles. The smallest absolute Gasteiger partial charge is 0.307 e. The standard InChI is InChI=1S/C28H30O5/c1-3-5-24(19-27(29)30-2)22-8-10-26(11-9-22)31-20-21-6-4-7-25(18-21)23-12-14-28(15-13-23)32-16-17-33-28/h4,6-12,18,24H,13-17,19-20H2,1-2H3/t24-/m0/s1. The van der Waals surface area contributed by atoms with Gasteiger partial charge in [-0.05, 0) is 53.8 Å². The van der Waals surface area contributed by atoms with Crippen molar-refractivity contribution in [2.45, 2.75) is 50.9 Å². The maximum absolute atomic E-state index is 11.7. The summed E-state index contributed by atoms with van der Waals surface area (Å²) in [6.07, 6.45) is 5.12. The van der Waals surface area contributed by atoms with Crippen molar-refractivity contribution in [3.63, 3.8) is 0 Å². The maximum atomic E-state index is 11.7. The van der Waals surface area contributed by atoms with Crippen molar-refractivity contribution < 1.29 is 23.7 Å². The van der Waals surface area contributed by atoms with Crippen LogP contribution < -0.4 is 4.74 Å². The van der Waals surface area contributed by atoms with Crippen LogP contribution in [0, 0.1) is 11.8 Å². The number of methoxy groups -OCH3 is 1. The molecule has 1 spiro atoms. The van der Waals surface area contributed by atoms with E-state index in [0.29, 0.717) is 19.8 Å². The fourth-order valence-electron chi connectivity index (χ4n) is 4.33. The fourth-order valence-corrected chi connectivity index (χ4v) is 4.33. The summed E-state index contributed by atoms with van der Waals surface area (Å²) in [5, 5.41) is 0. The Morgan fingerprint density at radius 2 is 1.94 bits per heavy atom. The number of carbonyl (C=O) groups excluding carboxylic acids is 1. The van der Waals surface area contributed by atoms with Gasteiger partial charge in [-0.15, -0.1) is 5.92 Å². The minimum Gasteiger partial charge on any atom is -0.489 e. The predicted molar refractivity (Wildman–Crippen MR) is 127 cm³/mol. The van der Waals surface area contributed by atoms with Crippen LogP contribution in [0.2, 0.25) is 0 Å². The lowest BCUT2D eigenvalue weighted by Crippen LogP contribution is -2.31. The first-order valence-corrected chi connectivity index (χ1v) is 11.4. The first-order chi connectivity index (χ1) is 16.1. The summed E-state index contributed by atoms with van der Waals surface area (Å²) in [4.78, 5) is 11.7. The second kappa shape index (κ2) is 10.7. The first-order valence-electron chi connectivity index (χ1n) is 11.4. The minimum absolute atomic E-state index is 0.184. The molecule has 1 aliphatic carbocycles. The molecular weight excluding hydrogens is 416 g/mol. The Balaban J connectivity index is 1.37. The highest BCUT2D eigenvalue weighted by Crippen LogP contribution is 2.38. The first kappa shape index (κ1) is 23.1. The van der Waals surface area contributed by atoms with Crippen molar-refractivity contribution in [1.82, 2.24) is 0 Å². The van der Waals surface area contributed by atoms with Crippen molar-refractivity contribution in [3.8, 4) is 17.6 Å². The molecular formula is C28H30O5. The van der Waals surface area contributed by atoms with Gasteiger partial charge in [-0.2, -0.15) is 0 Å². The molecule has 1 heterocycles. The van der Waals surface area contributed by atoms with Crippen LogP contribution in [0.1, 0.15) is 55.2 Å². The van der Waals surface area contributed by atoms with Crippen LogP contribution in [-0.2, 0) is 25.6 Å². The molecule has 1 aliphatic heterocycles. The van der Waals surface area contributed by atoms with E-state index in [2.05, 4.69) is 42.2 Å². The highest BCUT2D eigenvalue weighted by atomic mass is 16.7. The van der Waals surface area contributed by atoms with Gasteiger partial charge in [0.15, 0.2) is 5.79 Å². The van der Waals surface area contributed by atoms with Gasteiger partial charge in [-0.25, -0.2) is 0 Å². The zero-order valence-corrected chi connectivity index (χ0v) is 19.3. The molecule has 1 saturated heterocycles. The third-order valence-corrected chi connectivity index (χ3v) is 6.15. The van der Waals surface area contributed by atoms with Crippen LogP contribution in [0.15, 0.2) is 54.6 Å². The summed E-state index contributed by atoms with van der Waals surface area (Å²) < 4.78 is 22.5. The van der Waals surface area contributed by atoms with Gasteiger partial charge in [0.2, 0.25) is 0 Å². The molecule has 0 radical (unpaired) electrons. The van der Waals surface area contributed by atoms with Crippen molar-refractivity contribution >= 4 is 11.5 Å². The van der Waals surface area contributed by atoms with Crippen LogP contribution in [0.4, 0.5) is 0 Å². The summed E-state index contributed by atoms with van der Waals surface area (Å²) in [7, 11) is 1.39. The number of ether oxygens (including phenoxy) is 4. The molecule has 0 unspecified atom stereocenters. The Bertz CT molecular complexity index is 1050. The van der Waals surface area contributed by atoms with Crippen LogP contribution in [-0.4, -0.2) is 32.1 Å². The van der Waals surface area contributed by atoms with E-state index in [-0.39, 0.29) is 18.3 Å². The molecule has 172 valence electrons. The van der Waals surface area contributed by atoms with Crippen LogP contribution in [0.5, 0.6) is 5.75 Å². The summed E-state index contributed by atoms with van der Waals surface area (Å²) in [5.41, 5.74) is 4.65. The summed E-state index contributed by atoms with van der Waals surface area (Å²) in [6, 6.07) is 16.3. The Hall–Kier alpha value is -3.07. The summed E-state index contributed by atoms with van der Waals surface area (Å²) in [5.74, 6) is 5.91. The normalized spacial score (nSPS) is 17.6. The minimum atomic E-state index is -0.394. The van der Waals surface area contributed by atoms with Gasteiger partial charge < -0.3 is 18.9 Å². The number of benzene rings is 2. The fraction of sp³-hybridized carbons (Fsp3) is 0.393. The molecule has 0 aromatic heterocycles. The number of esters is 1. The van der Waals surface area contributed by atoms with E-state index in [1.165, 1.54) is 18.2 Å². The Morgan fingerprint density at radius 1 is 1.15 bits per heavy atom. The van der Waals surface area contributed by atoms with Gasteiger partial charge in [-0.3, -0.25) is 4.79 Å². The van der Waals surface area contributed by atoms with E-state index in [4.69, 9.17) is 18.9 Å². The molecule has 5 heteroatoms. The molecule has 1 fully saturated rings. The van der Waals surface area contributed by atoms with Crippen molar-refractivity contribution in [1.29, 1.82) is 0 Å². The van der Waals surface area contributed by atoms with Crippen LogP contribution in [0.3, 0.4) is 0 Å². The average molecular weight is 447 g/mol. The highest BCUT2D eigenvalue weighted by Gasteiger charge is 2.37. The van der Waals surface area contributed by atoms with Gasteiger partial charge in [0.1, 0.15) is 12.4 Å². The molecule has 0 N–H and O–H groups in total. The number of rotatable bonds is 7.